The Morgan fingerprint density at radius 1 is 1.11 bits per heavy atom. The molecule has 0 aliphatic rings. The Bertz CT molecular complexity index is 676. The second-order valence-corrected chi connectivity index (χ2v) is 5.45. The number of nitrogens with zero attached hydrogens (tertiary/aromatic N) is 3. The zero-order valence-corrected chi connectivity index (χ0v) is 11.6. The largest absolute Gasteiger partial charge is 0.313 e. The molecule has 0 spiro atoms. The molecule has 96 valence electrons. The molecule has 0 fully saturated rings. The molecule has 3 nitrogen and oxygen atoms in total. The van der Waals surface area contributed by atoms with Gasteiger partial charge in [0.2, 0.25) is 0 Å². The van der Waals surface area contributed by atoms with Crippen LogP contribution in [0.4, 0.5) is 0 Å². The second kappa shape index (κ2) is 5.45. The van der Waals surface area contributed by atoms with Crippen molar-refractivity contribution in [1.82, 2.24) is 14.5 Å². The molecule has 0 bridgehead atoms. The summed E-state index contributed by atoms with van der Waals surface area (Å²) in [6.45, 7) is 2.92. The molecule has 0 atom stereocenters. The molecule has 0 amide bonds. The highest BCUT2D eigenvalue weighted by Gasteiger charge is 2.10. The molecule has 0 aliphatic heterocycles. The van der Waals surface area contributed by atoms with Crippen molar-refractivity contribution in [1.29, 1.82) is 0 Å². The number of hydrogen-bond donors (Lipinski definition) is 0. The van der Waals surface area contributed by atoms with E-state index in [4.69, 9.17) is 4.98 Å². The summed E-state index contributed by atoms with van der Waals surface area (Å²) in [6.07, 6.45) is 1.83. The minimum Gasteiger partial charge on any atom is -0.313 e. The van der Waals surface area contributed by atoms with Gasteiger partial charge in [-0.25, -0.2) is 4.98 Å². The summed E-state index contributed by atoms with van der Waals surface area (Å²) in [5.41, 5.74) is 3.28. The van der Waals surface area contributed by atoms with Gasteiger partial charge in [-0.1, -0.05) is 36.9 Å². The topological polar surface area (TPSA) is 30.7 Å². The first-order chi connectivity index (χ1) is 9.38. The SMILES string of the molecule is CCSc1nc2ccccc2n1Cc1ccccn1. The quantitative estimate of drug-likeness (QED) is 0.678. The third-order valence-electron chi connectivity index (χ3n) is 2.94. The molecule has 0 aliphatic carbocycles. The lowest BCUT2D eigenvalue weighted by Gasteiger charge is -2.07. The van der Waals surface area contributed by atoms with Gasteiger partial charge in [0.05, 0.1) is 23.3 Å². The summed E-state index contributed by atoms with van der Waals surface area (Å²) >= 11 is 1.77. The zero-order chi connectivity index (χ0) is 13.1. The Kier molecular flexibility index (Phi) is 3.51. The molecule has 0 unspecified atom stereocenters. The molecule has 2 aromatic heterocycles. The molecule has 4 heteroatoms. The number of benzene rings is 1. The minimum absolute atomic E-state index is 0.768. The smallest absolute Gasteiger partial charge is 0.169 e. The molecule has 0 saturated carbocycles. The summed E-state index contributed by atoms with van der Waals surface area (Å²) in [7, 11) is 0. The molecule has 3 rings (SSSR count). The van der Waals surface area contributed by atoms with Crippen molar-refractivity contribution in [3.63, 3.8) is 0 Å². The van der Waals surface area contributed by atoms with Gasteiger partial charge >= 0.3 is 0 Å². The number of fused-ring (bicyclic) bond motifs is 1. The van der Waals surface area contributed by atoms with E-state index in [1.807, 2.05) is 24.4 Å². The van der Waals surface area contributed by atoms with Crippen molar-refractivity contribution < 1.29 is 0 Å². The van der Waals surface area contributed by atoms with Gasteiger partial charge in [0.25, 0.3) is 0 Å². The highest BCUT2D eigenvalue weighted by Crippen LogP contribution is 2.24. The van der Waals surface area contributed by atoms with E-state index < -0.39 is 0 Å². The van der Waals surface area contributed by atoms with Crippen molar-refractivity contribution in [2.45, 2.75) is 18.6 Å². The van der Waals surface area contributed by atoms with Crippen LogP contribution in [0.3, 0.4) is 0 Å². The van der Waals surface area contributed by atoms with E-state index >= 15 is 0 Å². The van der Waals surface area contributed by atoms with Crippen LogP contribution in [0, 0.1) is 0 Å². The highest BCUT2D eigenvalue weighted by atomic mass is 32.2. The molecular weight excluding hydrogens is 254 g/mol. The standard InChI is InChI=1S/C15H15N3S/c1-2-19-15-17-13-8-3-4-9-14(13)18(15)11-12-7-5-6-10-16-12/h3-10H,2,11H2,1H3. The fraction of sp³-hybridized carbons (Fsp3) is 0.200. The number of para-hydroxylation sites is 2. The molecule has 3 aromatic rings. The Hall–Kier alpha value is -1.81. The van der Waals surface area contributed by atoms with Gasteiger partial charge in [0.1, 0.15) is 0 Å². The van der Waals surface area contributed by atoms with E-state index in [9.17, 15) is 0 Å². The Balaban J connectivity index is 2.07. The summed E-state index contributed by atoms with van der Waals surface area (Å²) in [6, 6.07) is 14.3. The van der Waals surface area contributed by atoms with Crippen molar-refractivity contribution in [3.05, 3.63) is 54.4 Å². The van der Waals surface area contributed by atoms with Gasteiger partial charge in [0.15, 0.2) is 5.16 Å². The summed E-state index contributed by atoms with van der Waals surface area (Å²) in [5, 5.41) is 1.06. The summed E-state index contributed by atoms with van der Waals surface area (Å²) in [4.78, 5) is 9.10. The van der Waals surface area contributed by atoms with Gasteiger partial charge < -0.3 is 4.57 Å². The third kappa shape index (κ3) is 2.49. The van der Waals surface area contributed by atoms with Crippen LogP contribution in [0.25, 0.3) is 11.0 Å². The third-order valence-corrected chi connectivity index (χ3v) is 3.80. The number of pyridine rings is 1. The molecule has 19 heavy (non-hydrogen) atoms. The lowest BCUT2D eigenvalue weighted by atomic mass is 10.3. The van der Waals surface area contributed by atoms with Crippen molar-refractivity contribution >= 4 is 22.8 Å². The monoisotopic (exact) mass is 269 g/mol. The van der Waals surface area contributed by atoms with Crippen LogP contribution < -0.4 is 0 Å². The van der Waals surface area contributed by atoms with E-state index in [0.717, 1.165) is 28.7 Å². The average Bonchev–Trinajstić information content (AvgIpc) is 2.79. The fourth-order valence-electron chi connectivity index (χ4n) is 2.10. The van der Waals surface area contributed by atoms with Crippen LogP contribution in [0.1, 0.15) is 12.6 Å². The van der Waals surface area contributed by atoms with E-state index in [-0.39, 0.29) is 0 Å². The lowest BCUT2D eigenvalue weighted by Crippen LogP contribution is -2.03. The van der Waals surface area contributed by atoms with Gasteiger partial charge in [-0.2, -0.15) is 0 Å². The van der Waals surface area contributed by atoms with Crippen molar-refractivity contribution in [2.75, 3.05) is 5.75 Å². The van der Waals surface area contributed by atoms with E-state index in [1.54, 1.807) is 11.8 Å². The predicted octanol–water partition coefficient (Wildman–Crippen LogP) is 3.59. The van der Waals surface area contributed by atoms with Crippen LogP contribution in [0.2, 0.25) is 0 Å². The number of rotatable bonds is 4. The molecule has 1 aromatic carbocycles. The number of imidazole rings is 1. The maximum absolute atomic E-state index is 4.70. The second-order valence-electron chi connectivity index (χ2n) is 4.22. The van der Waals surface area contributed by atoms with Gasteiger partial charge in [-0.15, -0.1) is 0 Å². The molecule has 0 radical (unpaired) electrons. The molecule has 0 saturated heterocycles. The number of thioether (sulfide) groups is 1. The maximum Gasteiger partial charge on any atom is 0.169 e. The normalized spacial score (nSPS) is 11.0. The van der Waals surface area contributed by atoms with Crippen molar-refractivity contribution in [3.8, 4) is 0 Å². The van der Waals surface area contributed by atoms with Crippen LogP contribution >= 0.6 is 11.8 Å². The first kappa shape index (κ1) is 12.2. The first-order valence-electron chi connectivity index (χ1n) is 6.36. The van der Waals surface area contributed by atoms with E-state index in [0.29, 0.717) is 0 Å². The van der Waals surface area contributed by atoms with E-state index in [2.05, 4.69) is 40.7 Å². The molecule has 0 N–H and O–H groups in total. The zero-order valence-electron chi connectivity index (χ0n) is 10.8. The van der Waals surface area contributed by atoms with Gasteiger partial charge in [-0.05, 0) is 30.0 Å². The van der Waals surface area contributed by atoms with E-state index in [1.165, 1.54) is 5.52 Å². The van der Waals surface area contributed by atoms with Crippen LogP contribution in [0.15, 0.2) is 53.8 Å². The molecular formula is C15H15N3S. The highest BCUT2D eigenvalue weighted by molar-refractivity contribution is 7.99. The summed E-state index contributed by atoms with van der Waals surface area (Å²) in [5.74, 6) is 1.02. The Labute approximate surface area is 116 Å². The maximum atomic E-state index is 4.70. The number of hydrogen-bond acceptors (Lipinski definition) is 3. The van der Waals surface area contributed by atoms with Gasteiger partial charge in [-0.3, -0.25) is 4.98 Å². The Morgan fingerprint density at radius 2 is 1.95 bits per heavy atom. The minimum atomic E-state index is 0.768. The Morgan fingerprint density at radius 3 is 2.74 bits per heavy atom. The fourth-order valence-corrected chi connectivity index (χ4v) is 2.84. The average molecular weight is 269 g/mol. The van der Waals surface area contributed by atoms with Crippen LogP contribution in [-0.4, -0.2) is 20.3 Å². The molecule has 2 heterocycles. The van der Waals surface area contributed by atoms with Gasteiger partial charge in [0, 0.05) is 6.20 Å². The first-order valence-corrected chi connectivity index (χ1v) is 7.35. The van der Waals surface area contributed by atoms with Crippen LogP contribution in [0.5, 0.6) is 0 Å². The predicted molar refractivity (Wildman–Crippen MR) is 79.5 cm³/mol. The lowest BCUT2D eigenvalue weighted by molar-refractivity contribution is 0.715. The van der Waals surface area contributed by atoms with Crippen molar-refractivity contribution in [2.24, 2.45) is 0 Å². The summed E-state index contributed by atoms with van der Waals surface area (Å²) < 4.78 is 2.24. The van der Waals surface area contributed by atoms with Crippen LogP contribution in [-0.2, 0) is 6.54 Å². The number of aromatic nitrogens is 3.